The monoisotopic (exact) mass is 352 g/mol. The molecule has 0 atom stereocenters. The molecule has 0 bridgehead atoms. The number of carbonyl (C=O) groups is 1. The highest BCUT2D eigenvalue weighted by Gasteiger charge is 2.19. The number of hydrogen-bond donors (Lipinski definition) is 0. The number of rotatable bonds is 5. The van der Waals surface area contributed by atoms with Crippen LogP contribution in [0.3, 0.4) is 0 Å². The molecule has 0 N–H and O–H groups in total. The minimum atomic E-state index is 0.240. The van der Waals surface area contributed by atoms with Crippen LogP contribution in [-0.2, 0) is 17.8 Å². The molecule has 0 spiro atoms. The van der Waals surface area contributed by atoms with E-state index in [-0.39, 0.29) is 5.91 Å². The molecule has 1 aliphatic heterocycles. The van der Waals surface area contributed by atoms with Crippen LogP contribution in [0.5, 0.6) is 0 Å². The Balaban J connectivity index is 1.46. The van der Waals surface area contributed by atoms with Crippen molar-refractivity contribution < 1.29 is 4.79 Å². The van der Waals surface area contributed by atoms with E-state index in [0.29, 0.717) is 11.4 Å². The van der Waals surface area contributed by atoms with Crippen molar-refractivity contribution in [1.29, 1.82) is 0 Å². The average Bonchev–Trinajstić information content (AvgIpc) is 3.12. The van der Waals surface area contributed by atoms with Crippen LogP contribution in [0.15, 0.2) is 29.2 Å². The zero-order chi connectivity index (χ0) is 16.1. The van der Waals surface area contributed by atoms with Crippen LogP contribution in [0.1, 0.15) is 12.0 Å². The largest absolute Gasteiger partial charge is 0.341 e. The smallest absolute Gasteiger partial charge is 0.227 e. The van der Waals surface area contributed by atoms with Crippen molar-refractivity contribution in [2.45, 2.75) is 19.4 Å². The van der Waals surface area contributed by atoms with Gasteiger partial charge in [-0.1, -0.05) is 11.6 Å². The van der Waals surface area contributed by atoms with Gasteiger partial charge in [-0.15, -0.1) is 0 Å². The van der Waals surface area contributed by atoms with Gasteiger partial charge in [0.05, 0.1) is 24.2 Å². The highest BCUT2D eigenvalue weighted by molar-refractivity contribution is 7.08. The molecule has 2 aromatic rings. The first kappa shape index (κ1) is 16.5. The third kappa shape index (κ3) is 4.80. The Kier molecular flexibility index (Phi) is 5.70. The van der Waals surface area contributed by atoms with Gasteiger partial charge in [0, 0.05) is 32.4 Å². The van der Waals surface area contributed by atoms with Gasteiger partial charge in [0.1, 0.15) is 0 Å². The average molecular weight is 353 g/mol. The van der Waals surface area contributed by atoms with E-state index in [1.165, 1.54) is 0 Å². The maximum absolute atomic E-state index is 12.4. The van der Waals surface area contributed by atoms with Crippen LogP contribution < -0.4 is 0 Å². The van der Waals surface area contributed by atoms with Gasteiger partial charge in [0.25, 0.3) is 0 Å². The fraction of sp³-hybridized carbons (Fsp3) is 0.500. The lowest BCUT2D eigenvalue weighted by molar-refractivity contribution is -0.130. The van der Waals surface area contributed by atoms with E-state index >= 15 is 0 Å². The molecular weight excluding hydrogens is 332 g/mol. The Morgan fingerprint density at radius 3 is 2.91 bits per heavy atom. The summed E-state index contributed by atoms with van der Waals surface area (Å²) in [5, 5.41) is 8.95. The maximum Gasteiger partial charge on any atom is 0.227 e. The molecule has 1 amide bonds. The second kappa shape index (κ2) is 7.95. The zero-order valence-electron chi connectivity index (χ0n) is 13.0. The summed E-state index contributed by atoms with van der Waals surface area (Å²) in [7, 11) is 0. The minimum Gasteiger partial charge on any atom is -0.341 e. The van der Waals surface area contributed by atoms with Crippen molar-refractivity contribution in [2.24, 2.45) is 0 Å². The first-order valence-electron chi connectivity index (χ1n) is 7.90. The lowest BCUT2D eigenvalue weighted by Gasteiger charge is -2.22. The summed E-state index contributed by atoms with van der Waals surface area (Å²) in [4.78, 5) is 16.8. The van der Waals surface area contributed by atoms with Gasteiger partial charge < -0.3 is 4.90 Å². The number of aromatic nitrogens is 2. The van der Waals surface area contributed by atoms with E-state index < -0.39 is 0 Å². The van der Waals surface area contributed by atoms with Crippen LogP contribution in [0, 0.1) is 0 Å². The molecule has 7 heteroatoms. The van der Waals surface area contributed by atoms with Gasteiger partial charge >= 0.3 is 0 Å². The quantitative estimate of drug-likeness (QED) is 0.829. The van der Waals surface area contributed by atoms with E-state index in [1.807, 2.05) is 27.2 Å². The maximum atomic E-state index is 12.4. The Hall–Kier alpha value is -1.37. The van der Waals surface area contributed by atoms with Gasteiger partial charge in [-0.2, -0.15) is 16.4 Å². The molecule has 1 aliphatic rings. The number of thiophene rings is 1. The fourth-order valence-electron chi connectivity index (χ4n) is 2.83. The standard InChI is InChI=1S/C16H21ClN4OS/c17-15-11-18-21(12-15)8-6-19-3-1-4-20(7-5-19)16(22)10-14-2-9-23-13-14/h2,9,11-13H,1,3-8,10H2. The molecular formula is C16H21ClN4OS. The van der Waals surface area contributed by atoms with Crippen molar-refractivity contribution in [1.82, 2.24) is 19.6 Å². The van der Waals surface area contributed by atoms with Gasteiger partial charge in [0.15, 0.2) is 0 Å². The summed E-state index contributed by atoms with van der Waals surface area (Å²) in [6.45, 7) is 5.37. The Morgan fingerprint density at radius 2 is 2.17 bits per heavy atom. The second-order valence-corrected chi connectivity index (χ2v) is 7.02. The Morgan fingerprint density at radius 1 is 1.26 bits per heavy atom. The first-order chi connectivity index (χ1) is 11.2. The van der Waals surface area contributed by atoms with Crippen LogP contribution in [-0.4, -0.2) is 58.2 Å². The van der Waals surface area contributed by atoms with Crippen LogP contribution >= 0.6 is 22.9 Å². The summed E-state index contributed by atoms with van der Waals surface area (Å²) in [6, 6.07) is 2.03. The third-order valence-electron chi connectivity index (χ3n) is 4.12. The normalized spacial score (nSPS) is 16.5. The van der Waals surface area contributed by atoms with E-state index in [4.69, 9.17) is 11.6 Å². The first-order valence-corrected chi connectivity index (χ1v) is 9.22. The number of nitrogens with zero attached hydrogens (tertiary/aromatic N) is 4. The summed E-state index contributed by atoms with van der Waals surface area (Å²) in [5.74, 6) is 0.240. The van der Waals surface area contributed by atoms with Crippen molar-refractivity contribution in [3.05, 3.63) is 39.8 Å². The molecule has 1 fully saturated rings. The van der Waals surface area contributed by atoms with Crippen LogP contribution in [0.2, 0.25) is 5.02 Å². The topological polar surface area (TPSA) is 41.4 Å². The van der Waals surface area contributed by atoms with Gasteiger partial charge in [-0.05, 0) is 35.4 Å². The summed E-state index contributed by atoms with van der Waals surface area (Å²) in [5.41, 5.74) is 1.12. The van der Waals surface area contributed by atoms with E-state index in [0.717, 1.165) is 51.3 Å². The molecule has 0 aliphatic carbocycles. The van der Waals surface area contributed by atoms with Gasteiger partial charge in [-0.3, -0.25) is 14.4 Å². The Labute approximate surface area is 145 Å². The highest BCUT2D eigenvalue weighted by Crippen LogP contribution is 2.11. The van der Waals surface area contributed by atoms with E-state index in [1.54, 1.807) is 17.5 Å². The fourth-order valence-corrected chi connectivity index (χ4v) is 3.65. The third-order valence-corrected chi connectivity index (χ3v) is 5.05. The SMILES string of the molecule is O=C(Cc1ccsc1)N1CCCN(CCn2cc(Cl)cn2)CC1. The highest BCUT2D eigenvalue weighted by atomic mass is 35.5. The number of halogens is 1. The van der Waals surface area contributed by atoms with Gasteiger partial charge in [0.2, 0.25) is 5.91 Å². The molecule has 5 nitrogen and oxygen atoms in total. The van der Waals surface area contributed by atoms with E-state index in [2.05, 4.69) is 15.4 Å². The molecule has 0 saturated carbocycles. The minimum absolute atomic E-state index is 0.240. The summed E-state index contributed by atoms with van der Waals surface area (Å²) in [6.07, 6.45) is 5.05. The van der Waals surface area contributed by atoms with Crippen molar-refractivity contribution >= 4 is 28.8 Å². The number of carbonyl (C=O) groups excluding carboxylic acids is 1. The van der Waals surface area contributed by atoms with E-state index in [9.17, 15) is 4.79 Å². The van der Waals surface area contributed by atoms with Crippen molar-refractivity contribution in [2.75, 3.05) is 32.7 Å². The predicted octanol–water partition coefficient (Wildman–Crippen LogP) is 2.38. The molecule has 124 valence electrons. The molecule has 3 heterocycles. The number of hydrogen-bond acceptors (Lipinski definition) is 4. The summed E-state index contributed by atoms with van der Waals surface area (Å²) >= 11 is 7.52. The lowest BCUT2D eigenvalue weighted by Crippen LogP contribution is -2.36. The lowest BCUT2D eigenvalue weighted by atomic mass is 10.2. The molecule has 3 rings (SSSR count). The molecule has 0 unspecified atom stereocenters. The van der Waals surface area contributed by atoms with Crippen molar-refractivity contribution in [3.8, 4) is 0 Å². The zero-order valence-corrected chi connectivity index (χ0v) is 14.6. The second-order valence-electron chi connectivity index (χ2n) is 5.81. The number of amides is 1. The molecule has 2 aromatic heterocycles. The molecule has 0 radical (unpaired) electrons. The van der Waals surface area contributed by atoms with Crippen LogP contribution in [0.25, 0.3) is 0 Å². The molecule has 0 aromatic carbocycles. The summed E-state index contributed by atoms with van der Waals surface area (Å²) < 4.78 is 1.87. The van der Waals surface area contributed by atoms with Gasteiger partial charge in [-0.25, -0.2) is 0 Å². The van der Waals surface area contributed by atoms with Crippen LogP contribution in [0.4, 0.5) is 0 Å². The molecule has 1 saturated heterocycles. The Bertz CT molecular complexity index is 628. The molecule has 23 heavy (non-hydrogen) atoms. The van der Waals surface area contributed by atoms with Crippen molar-refractivity contribution in [3.63, 3.8) is 0 Å². The predicted molar refractivity (Wildman–Crippen MR) is 92.9 cm³/mol.